The lowest BCUT2D eigenvalue weighted by molar-refractivity contribution is -0.143. The second-order valence-corrected chi connectivity index (χ2v) is 10.9. The molecular formula is C28H27BrN2O8S. The maximum atomic E-state index is 13.9. The van der Waals surface area contributed by atoms with Gasteiger partial charge in [-0.3, -0.25) is 9.36 Å². The van der Waals surface area contributed by atoms with E-state index in [2.05, 4.69) is 20.9 Å². The molecular weight excluding hydrogens is 604 g/mol. The van der Waals surface area contributed by atoms with E-state index < -0.39 is 24.6 Å². The van der Waals surface area contributed by atoms with Gasteiger partial charge in [0.25, 0.3) is 5.56 Å². The molecule has 1 aliphatic heterocycles. The van der Waals surface area contributed by atoms with Crippen LogP contribution in [0.25, 0.3) is 6.08 Å². The molecule has 0 saturated heterocycles. The van der Waals surface area contributed by atoms with Crippen molar-refractivity contribution in [2.24, 2.45) is 4.99 Å². The number of carboxylic acid groups (broad SMARTS) is 1. The average Bonchev–Trinajstić information content (AvgIpc) is 3.20. The molecule has 1 atom stereocenters. The number of halogens is 1. The summed E-state index contributed by atoms with van der Waals surface area (Å²) in [6.07, 6.45) is 1.31. The topological polar surface area (TPSA) is 126 Å². The van der Waals surface area contributed by atoms with Gasteiger partial charge in [-0.1, -0.05) is 17.4 Å². The molecule has 4 rings (SSSR count). The number of methoxy groups -OCH3 is 2. The smallest absolute Gasteiger partial charge is 0.341 e. The number of aromatic nitrogens is 1. The summed E-state index contributed by atoms with van der Waals surface area (Å²) in [4.78, 5) is 43.1. The Morgan fingerprint density at radius 3 is 2.50 bits per heavy atom. The predicted octanol–water partition coefficient (Wildman–Crippen LogP) is 3.43. The first kappa shape index (κ1) is 29.1. The fraction of sp³-hybridized carbons (Fsp3) is 0.286. The minimum absolute atomic E-state index is 0.224. The summed E-state index contributed by atoms with van der Waals surface area (Å²) < 4.78 is 24.3. The van der Waals surface area contributed by atoms with Crippen LogP contribution in [0.4, 0.5) is 0 Å². The molecule has 0 amide bonds. The Hall–Kier alpha value is -3.90. The number of fused-ring (bicyclic) bond motifs is 1. The highest BCUT2D eigenvalue weighted by Gasteiger charge is 2.35. The highest BCUT2D eigenvalue weighted by molar-refractivity contribution is 9.10. The Kier molecular flexibility index (Phi) is 8.79. The minimum atomic E-state index is -1.09. The maximum absolute atomic E-state index is 13.9. The first-order chi connectivity index (χ1) is 19.0. The van der Waals surface area contributed by atoms with Gasteiger partial charge in [0.15, 0.2) is 11.4 Å². The summed E-state index contributed by atoms with van der Waals surface area (Å²) in [5.74, 6) is -0.326. The van der Waals surface area contributed by atoms with Gasteiger partial charge in [-0.15, -0.1) is 0 Å². The van der Waals surface area contributed by atoms with E-state index in [1.165, 1.54) is 30.1 Å². The molecule has 1 N–H and O–H groups in total. The molecule has 10 nitrogen and oxygen atoms in total. The van der Waals surface area contributed by atoms with Gasteiger partial charge in [0.1, 0.15) is 23.3 Å². The Morgan fingerprint density at radius 2 is 1.88 bits per heavy atom. The van der Waals surface area contributed by atoms with E-state index in [4.69, 9.17) is 24.1 Å². The number of carbonyl (C=O) groups is 2. The normalized spacial score (nSPS) is 15.0. The average molecular weight is 632 g/mol. The number of esters is 1. The Balaban J connectivity index is 1.91. The van der Waals surface area contributed by atoms with E-state index >= 15 is 0 Å². The van der Waals surface area contributed by atoms with Crippen molar-refractivity contribution in [3.63, 3.8) is 0 Å². The van der Waals surface area contributed by atoms with E-state index in [1.54, 1.807) is 63.2 Å². The molecule has 0 spiro atoms. The fourth-order valence-corrected chi connectivity index (χ4v) is 5.78. The third kappa shape index (κ3) is 5.97. The quantitative estimate of drug-likeness (QED) is 0.357. The molecule has 0 saturated carbocycles. The van der Waals surface area contributed by atoms with Gasteiger partial charge in [0.05, 0.1) is 40.6 Å². The molecule has 3 aromatic rings. The first-order valence-corrected chi connectivity index (χ1v) is 13.7. The van der Waals surface area contributed by atoms with Gasteiger partial charge < -0.3 is 24.1 Å². The second kappa shape index (κ2) is 12.1. The molecule has 40 heavy (non-hydrogen) atoms. The van der Waals surface area contributed by atoms with Crippen LogP contribution in [-0.4, -0.2) is 48.5 Å². The number of benzene rings is 2. The van der Waals surface area contributed by atoms with Gasteiger partial charge in [-0.2, -0.15) is 0 Å². The number of ether oxygens (including phenoxy) is 4. The van der Waals surface area contributed by atoms with Crippen LogP contribution in [-0.2, 0) is 14.3 Å². The van der Waals surface area contributed by atoms with Crippen LogP contribution in [0.15, 0.2) is 61.9 Å². The van der Waals surface area contributed by atoms with Crippen LogP contribution in [0.2, 0.25) is 0 Å². The largest absolute Gasteiger partial charge is 0.497 e. The third-order valence-corrected chi connectivity index (χ3v) is 7.52. The molecule has 1 aliphatic rings. The van der Waals surface area contributed by atoms with Crippen molar-refractivity contribution >= 4 is 45.3 Å². The van der Waals surface area contributed by atoms with Crippen LogP contribution in [0, 0.1) is 0 Å². The molecule has 12 heteroatoms. The molecule has 0 aliphatic carbocycles. The van der Waals surface area contributed by atoms with Crippen LogP contribution in [0.1, 0.15) is 37.9 Å². The number of thiazole rings is 1. The number of hydrogen-bond donors (Lipinski definition) is 1. The lowest BCUT2D eigenvalue weighted by atomic mass is 9.94. The van der Waals surface area contributed by atoms with Gasteiger partial charge >= 0.3 is 11.9 Å². The SMILES string of the molecule is COc1ccc(OC)c([C@H]2C(C(=O)OC(C)C)=C(C)N=c3s/c(=C\c4ccc(OCC(=O)O)c(Br)c4)c(=O)n32)c1. The highest BCUT2D eigenvalue weighted by Crippen LogP contribution is 2.38. The van der Waals surface area contributed by atoms with Crippen molar-refractivity contribution in [3.8, 4) is 17.2 Å². The highest BCUT2D eigenvalue weighted by atomic mass is 79.9. The van der Waals surface area contributed by atoms with Gasteiger partial charge in [0.2, 0.25) is 0 Å². The van der Waals surface area contributed by atoms with Crippen molar-refractivity contribution in [2.75, 3.05) is 20.8 Å². The lowest BCUT2D eigenvalue weighted by Gasteiger charge is -2.26. The standard InChI is InChI=1S/C28H27BrN2O8S/c1-14(2)39-27(35)24-15(3)30-28-31(25(24)18-12-17(36-4)7-9-20(18)37-5)26(34)22(40-28)11-16-6-8-21(19(29)10-16)38-13-23(32)33/h6-12,14,25H,13H2,1-5H3,(H,32,33)/b22-11-/t25-/m0/s1. The van der Waals surface area contributed by atoms with Crippen molar-refractivity contribution < 1.29 is 33.6 Å². The number of hydrogen-bond acceptors (Lipinski definition) is 9. The number of rotatable bonds is 9. The molecule has 0 radical (unpaired) electrons. The number of nitrogens with zero attached hydrogens (tertiary/aromatic N) is 2. The minimum Gasteiger partial charge on any atom is -0.497 e. The second-order valence-electron chi connectivity index (χ2n) is 9.02. The van der Waals surface area contributed by atoms with Crippen molar-refractivity contribution in [2.45, 2.75) is 32.9 Å². The molecule has 0 unspecified atom stereocenters. The summed E-state index contributed by atoms with van der Waals surface area (Å²) >= 11 is 4.57. The Bertz CT molecular complexity index is 1690. The number of carbonyl (C=O) groups excluding carboxylic acids is 1. The summed E-state index contributed by atoms with van der Waals surface area (Å²) in [5, 5.41) is 8.87. The Labute approximate surface area is 241 Å². The van der Waals surface area contributed by atoms with E-state index in [0.29, 0.717) is 47.9 Å². The van der Waals surface area contributed by atoms with E-state index in [9.17, 15) is 14.4 Å². The summed E-state index contributed by atoms with van der Waals surface area (Å²) in [6.45, 7) is 4.73. The van der Waals surface area contributed by atoms with Crippen LogP contribution >= 0.6 is 27.3 Å². The molecule has 1 aromatic heterocycles. The number of aliphatic carboxylic acids is 1. The maximum Gasteiger partial charge on any atom is 0.341 e. The van der Waals surface area contributed by atoms with E-state index in [1.807, 2.05) is 0 Å². The van der Waals surface area contributed by atoms with E-state index in [0.717, 1.165) is 0 Å². The van der Waals surface area contributed by atoms with Crippen LogP contribution < -0.4 is 29.1 Å². The Morgan fingerprint density at radius 1 is 1.15 bits per heavy atom. The summed E-state index contributed by atoms with van der Waals surface area (Å²) in [6, 6.07) is 9.34. The molecule has 2 heterocycles. The van der Waals surface area contributed by atoms with E-state index in [-0.39, 0.29) is 17.2 Å². The zero-order valence-electron chi connectivity index (χ0n) is 22.4. The molecule has 210 valence electrons. The van der Waals surface area contributed by atoms with Crippen molar-refractivity contribution in [3.05, 3.63) is 83.0 Å². The van der Waals surface area contributed by atoms with Crippen LogP contribution in [0.5, 0.6) is 17.2 Å². The first-order valence-electron chi connectivity index (χ1n) is 12.1. The van der Waals surface area contributed by atoms with Crippen molar-refractivity contribution in [1.29, 1.82) is 0 Å². The predicted molar refractivity (Wildman–Crippen MR) is 152 cm³/mol. The van der Waals surface area contributed by atoms with Gasteiger partial charge in [-0.05, 0) is 78.7 Å². The fourth-order valence-electron chi connectivity index (χ4n) is 4.22. The van der Waals surface area contributed by atoms with Gasteiger partial charge in [0, 0.05) is 5.56 Å². The lowest BCUT2D eigenvalue weighted by Crippen LogP contribution is -2.40. The number of carboxylic acids is 1. The molecule has 0 bridgehead atoms. The monoisotopic (exact) mass is 630 g/mol. The third-order valence-electron chi connectivity index (χ3n) is 5.92. The van der Waals surface area contributed by atoms with Gasteiger partial charge in [-0.25, -0.2) is 14.6 Å². The zero-order valence-corrected chi connectivity index (χ0v) is 24.8. The molecule has 2 aromatic carbocycles. The zero-order chi connectivity index (χ0) is 29.1. The van der Waals surface area contributed by atoms with Crippen LogP contribution in [0.3, 0.4) is 0 Å². The number of allylic oxidation sites excluding steroid dienone is 1. The molecule has 0 fully saturated rings. The summed E-state index contributed by atoms with van der Waals surface area (Å²) in [5.41, 5.74) is 1.51. The summed E-state index contributed by atoms with van der Waals surface area (Å²) in [7, 11) is 3.04. The van der Waals surface area contributed by atoms with Crippen molar-refractivity contribution in [1.82, 2.24) is 4.57 Å².